The molecule has 1 unspecified atom stereocenters. The molecule has 5 heteroatoms. The number of thioether (sulfide) groups is 1. The number of nitrogens with zero attached hydrogens (tertiary/aromatic N) is 2. The number of aliphatic hydroxyl groups is 1. The van der Waals surface area contributed by atoms with Crippen LogP contribution in [0.25, 0.3) is 11.5 Å². The summed E-state index contributed by atoms with van der Waals surface area (Å²) in [4.78, 5) is 0. The predicted molar refractivity (Wildman–Crippen MR) is 76.9 cm³/mol. The lowest BCUT2D eigenvalue weighted by Crippen LogP contribution is -1.99. The fraction of sp³-hybridized carbons (Fsp3) is 0.429. The number of hydrogen-bond donors (Lipinski definition) is 1. The molecule has 1 aromatic heterocycles. The van der Waals surface area contributed by atoms with Crippen LogP contribution in [0.1, 0.15) is 24.8 Å². The maximum atomic E-state index is 8.85. The highest BCUT2D eigenvalue weighted by molar-refractivity contribution is 7.99. The molecule has 2 aromatic rings. The summed E-state index contributed by atoms with van der Waals surface area (Å²) in [5.74, 6) is 1.88. The van der Waals surface area contributed by atoms with Gasteiger partial charge in [0.2, 0.25) is 11.8 Å². The zero-order valence-electron chi connectivity index (χ0n) is 11.2. The Bertz CT molecular complexity index is 528. The first-order valence-electron chi connectivity index (χ1n) is 6.31. The van der Waals surface area contributed by atoms with Gasteiger partial charge in [-0.25, -0.2) is 0 Å². The van der Waals surface area contributed by atoms with Gasteiger partial charge in [-0.1, -0.05) is 24.6 Å². The van der Waals surface area contributed by atoms with Crippen molar-refractivity contribution in [3.05, 3.63) is 35.7 Å². The maximum Gasteiger partial charge on any atom is 0.247 e. The molecule has 0 fully saturated rings. The molecule has 0 aliphatic carbocycles. The molecule has 4 nitrogen and oxygen atoms in total. The highest BCUT2D eigenvalue weighted by atomic mass is 32.2. The van der Waals surface area contributed by atoms with Crippen LogP contribution in [0.3, 0.4) is 0 Å². The van der Waals surface area contributed by atoms with Gasteiger partial charge < -0.3 is 9.52 Å². The molecular weight excluding hydrogens is 260 g/mol. The van der Waals surface area contributed by atoms with Crippen LogP contribution in [0.4, 0.5) is 0 Å². The van der Waals surface area contributed by atoms with Gasteiger partial charge in [-0.3, -0.25) is 0 Å². The lowest BCUT2D eigenvalue weighted by molar-refractivity contribution is 0.289. The molecule has 102 valence electrons. The Labute approximate surface area is 117 Å². The minimum atomic E-state index is 0.215. The Morgan fingerprint density at radius 2 is 2.21 bits per heavy atom. The average Bonchev–Trinajstić information content (AvgIpc) is 2.85. The second kappa shape index (κ2) is 6.73. The summed E-state index contributed by atoms with van der Waals surface area (Å²) in [6.07, 6.45) is 0.781. The van der Waals surface area contributed by atoms with Gasteiger partial charge in [0.05, 0.1) is 5.75 Å². The predicted octanol–water partition coefficient (Wildman–Crippen LogP) is 3.05. The zero-order chi connectivity index (χ0) is 13.7. The van der Waals surface area contributed by atoms with Crippen LogP contribution >= 0.6 is 11.8 Å². The topological polar surface area (TPSA) is 59.2 Å². The number of hydrogen-bond acceptors (Lipinski definition) is 5. The van der Waals surface area contributed by atoms with Crippen molar-refractivity contribution in [2.75, 3.05) is 6.61 Å². The molecule has 2 rings (SSSR count). The number of aromatic nitrogens is 2. The molecule has 0 bridgehead atoms. The van der Waals surface area contributed by atoms with Crippen LogP contribution < -0.4 is 0 Å². The number of rotatable bonds is 6. The molecule has 0 aliphatic heterocycles. The third kappa shape index (κ3) is 4.08. The Kier molecular flexibility index (Phi) is 4.99. The van der Waals surface area contributed by atoms with Crippen molar-refractivity contribution in [1.82, 2.24) is 10.2 Å². The normalized spacial score (nSPS) is 12.6. The van der Waals surface area contributed by atoms with Crippen molar-refractivity contribution in [3.8, 4) is 11.5 Å². The standard InChI is InChI=1S/C14H18N2O2S/c1-10-4-3-5-12(8-10)14-16-15-13(18-14)9-19-11(2)6-7-17/h3-5,8,11,17H,6-7,9H2,1-2H3. The minimum absolute atomic E-state index is 0.215. The van der Waals surface area contributed by atoms with Crippen LogP contribution in [0, 0.1) is 6.92 Å². The van der Waals surface area contributed by atoms with Gasteiger partial charge >= 0.3 is 0 Å². The average molecular weight is 278 g/mol. The molecule has 1 atom stereocenters. The van der Waals surface area contributed by atoms with E-state index in [1.54, 1.807) is 11.8 Å². The molecule has 0 radical (unpaired) electrons. The van der Waals surface area contributed by atoms with Gasteiger partial charge in [-0.05, 0) is 25.5 Å². The van der Waals surface area contributed by atoms with E-state index in [1.807, 2.05) is 31.2 Å². The van der Waals surface area contributed by atoms with Gasteiger partial charge in [-0.2, -0.15) is 0 Å². The summed E-state index contributed by atoms with van der Waals surface area (Å²) in [7, 11) is 0. The lowest BCUT2D eigenvalue weighted by atomic mass is 10.1. The maximum absolute atomic E-state index is 8.85. The smallest absolute Gasteiger partial charge is 0.247 e. The van der Waals surface area contributed by atoms with E-state index in [1.165, 1.54) is 5.56 Å². The second-order valence-corrected chi connectivity index (χ2v) is 5.93. The fourth-order valence-corrected chi connectivity index (χ4v) is 2.50. The van der Waals surface area contributed by atoms with Crippen LogP contribution in [-0.4, -0.2) is 27.2 Å². The first kappa shape index (κ1) is 14.1. The van der Waals surface area contributed by atoms with Crippen molar-refractivity contribution in [3.63, 3.8) is 0 Å². The lowest BCUT2D eigenvalue weighted by Gasteiger charge is -2.06. The van der Waals surface area contributed by atoms with Gasteiger partial charge in [0.25, 0.3) is 0 Å². The Morgan fingerprint density at radius 1 is 1.37 bits per heavy atom. The van der Waals surface area contributed by atoms with Gasteiger partial charge in [0.15, 0.2) is 0 Å². The molecule has 1 N–H and O–H groups in total. The Morgan fingerprint density at radius 3 is 2.95 bits per heavy atom. The first-order chi connectivity index (χ1) is 9.19. The van der Waals surface area contributed by atoms with E-state index in [0.29, 0.717) is 22.8 Å². The first-order valence-corrected chi connectivity index (χ1v) is 7.36. The monoisotopic (exact) mass is 278 g/mol. The van der Waals surface area contributed by atoms with Gasteiger partial charge in [-0.15, -0.1) is 22.0 Å². The van der Waals surface area contributed by atoms with E-state index in [0.717, 1.165) is 12.0 Å². The van der Waals surface area contributed by atoms with E-state index < -0.39 is 0 Å². The number of aryl methyl sites for hydroxylation is 1. The molecule has 1 heterocycles. The molecule has 0 spiro atoms. The SMILES string of the molecule is Cc1cccc(-c2nnc(CSC(C)CCO)o2)c1. The second-order valence-electron chi connectivity index (χ2n) is 4.50. The summed E-state index contributed by atoms with van der Waals surface area (Å²) in [6.45, 7) is 4.33. The summed E-state index contributed by atoms with van der Waals surface area (Å²) in [6, 6.07) is 8.00. The van der Waals surface area contributed by atoms with E-state index in [-0.39, 0.29) is 6.61 Å². The summed E-state index contributed by atoms with van der Waals surface area (Å²) < 4.78 is 5.65. The summed E-state index contributed by atoms with van der Waals surface area (Å²) >= 11 is 1.71. The van der Waals surface area contributed by atoms with E-state index in [4.69, 9.17) is 9.52 Å². The van der Waals surface area contributed by atoms with Crippen molar-refractivity contribution in [1.29, 1.82) is 0 Å². The molecule has 0 aliphatic rings. The van der Waals surface area contributed by atoms with Crippen LogP contribution in [0.15, 0.2) is 28.7 Å². The minimum Gasteiger partial charge on any atom is -0.420 e. The van der Waals surface area contributed by atoms with Crippen LogP contribution in [0.2, 0.25) is 0 Å². The molecule has 1 aromatic carbocycles. The van der Waals surface area contributed by atoms with Crippen molar-refractivity contribution >= 4 is 11.8 Å². The third-order valence-electron chi connectivity index (χ3n) is 2.76. The van der Waals surface area contributed by atoms with E-state index >= 15 is 0 Å². The Balaban J connectivity index is 1.99. The molecule has 0 saturated heterocycles. The Hall–Kier alpha value is -1.33. The molecule has 0 saturated carbocycles. The van der Waals surface area contributed by atoms with Crippen LogP contribution in [-0.2, 0) is 5.75 Å². The summed E-state index contributed by atoms with van der Waals surface area (Å²) in [5, 5.41) is 17.4. The number of benzene rings is 1. The molecular formula is C14H18N2O2S. The highest BCUT2D eigenvalue weighted by Crippen LogP contribution is 2.23. The van der Waals surface area contributed by atoms with Crippen molar-refractivity contribution < 1.29 is 9.52 Å². The zero-order valence-corrected chi connectivity index (χ0v) is 12.0. The molecule has 0 amide bonds. The van der Waals surface area contributed by atoms with E-state index in [2.05, 4.69) is 17.1 Å². The fourth-order valence-electron chi connectivity index (χ4n) is 1.69. The quantitative estimate of drug-likeness (QED) is 0.880. The number of aliphatic hydroxyl groups excluding tert-OH is 1. The van der Waals surface area contributed by atoms with Gasteiger partial charge in [0, 0.05) is 17.4 Å². The van der Waals surface area contributed by atoms with Crippen LogP contribution in [0.5, 0.6) is 0 Å². The third-order valence-corrected chi connectivity index (χ3v) is 3.98. The van der Waals surface area contributed by atoms with E-state index in [9.17, 15) is 0 Å². The van der Waals surface area contributed by atoms with Crippen molar-refractivity contribution in [2.24, 2.45) is 0 Å². The molecule has 19 heavy (non-hydrogen) atoms. The summed E-state index contributed by atoms with van der Waals surface area (Å²) in [5.41, 5.74) is 2.12. The van der Waals surface area contributed by atoms with Gasteiger partial charge in [0.1, 0.15) is 0 Å². The highest BCUT2D eigenvalue weighted by Gasteiger charge is 2.10. The largest absolute Gasteiger partial charge is 0.420 e. The van der Waals surface area contributed by atoms with Crippen molar-refractivity contribution in [2.45, 2.75) is 31.3 Å².